The van der Waals surface area contributed by atoms with Gasteiger partial charge in [-0.25, -0.2) is 0 Å². The summed E-state index contributed by atoms with van der Waals surface area (Å²) in [7, 11) is 2.17. The van der Waals surface area contributed by atoms with Crippen LogP contribution in [0.4, 0.5) is 5.69 Å². The summed E-state index contributed by atoms with van der Waals surface area (Å²) in [4.78, 5) is 17.0. The molecule has 0 bridgehead atoms. The van der Waals surface area contributed by atoms with Crippen LogP contribution in [0.25, 0.3) is 0 Å². The Kier molecular flexibility index (Phi) is 7.46. The molecule has 0 radical (unpaired) electrons. The lowest BCUT2D eigenvalue weighted by Gasteiger charge is -2.32. The second kappa shape index (κ2) is 10.2. The lowest BCUT2D eigenvalue weighted by Crippen LogP contribution is -2.43. The van der Waals surface area contributed by atoms with E-state index in [2.05, 4.69) is 53.4 Å². The molecule has 1 aliphatic rings. The summed E-state index contributed by atoms with van der Waals surface area (Å²) in [5.74, 6) is 0.773. The van der Waals surface area contributed by atoms with Crippen molar-refractivity contribution in [3.63, 3.8) is 0 Å². The fourth-order valence-corrected chi connectivity index (χ4v) is 3.26. The second-order valence-electron chi connectivity index (χ2n) is 7.42. The highest BCUT2D eigenvalue weighted by atomic mass is 16.5. The number of ether oxygens (including phenoxy) is 1. The number of rotatable bonds is 8. The molecule has 1 saturated heterocycles. The minimum Gasteiger partial charge on any atom is -0.493 e. The normalized spacial score (nSPS) is 15.4. The number of benzene rings is 2. The van der Waals surface area contributed by atoms with Gasteiger partial charge in [0.15, 0.2) is 0 Å². The summed E-state index contributed by atoms with van der Waals surface area (Å²) in [5.41, 5.74) is 3.39. The van der Waals surface area contributed by atoms with Gasteiger partial charge in [-0.15, -0.1) is 0 Å². The molecule has 0 spiro atoms. The van der Waals surface area contributed by atoms with Crippen LogP contribution in [0.5, 0.6) is 5.75 Å². The Morgan fingerprint density at radius 2 is 1.61 bits per heavy atom. The number of carbonyl (C=O) groups is 1. The number of nitrogens with one attached hydrogen (secondary N) is 1. The Labute approximate surface area is 168 Å². The zero-order chi connectivity index (χ0) is 19.8. The highest BCUT2D eigenvalue weighted by molar-refractivity contribution is 5.90. The molecule has 2 aromatic carbocycles. The van der Waals surface area contributed by atoms with E-state index in [0.29, 0.717) is 13.0 Å². The molecule has 0 atom stereocenters. The van der Waals surface area contributed by atoms with Crippen LogP contribution in [-0.4, -0.2) is 55.5 Å². The summed E-state index contributed by atoms with van der Waals surface area (Å²) in [6.45, 7) is 7.93. The molecular formula is C23H31N3O2. The molecule has 5 nitrogen and oxygen atoms in total. The largest absolute Gasteiger partial charge is 0.493 e. The van der Waals surface area contributed by atoms with Gasteiger partial charge in [-0.05, 0) is 48.9 Å². The molecule has 0 saturated carbocycles. The molecule has 28 heavy (non-hydrogen) atoms. The first-order valence-electron chi connectivity index (χ1n) is 10.1. The highest BCUT2D eigenvalue weighted by Gasteiger charge is 2.13. The predicted molar refractivity (Wildman–Crippen MR) is 114 cm³/mol. The number of nitrogens with zero attached hydrogens (tertiary/aromatic N) is 2. The Bertz CT molecular complexity index is 735. The summed E-state index contributed by atoms with van der Waals surface area (Å²) >= 11 is 0. The van der Waals surface area contributed by atoms with Gasteiger partial charge in [0.1, 0.15) is 5.75 Å². The quantitative estimate of drug-likeness (QED) is 0.761. The van der Waals surface area contributed by atoms with Crippen molar-refractivity contribution < 1.29 is 9.53 Å². The van der Waals surface area contributed by atoms with Crippen molar-refractivity contribution in [3.8, 4) is 5.75 Å². The number of hydrogen-bond acceptors (Lipinski definition) is 4. The van der Waals surface area contributed by atoms with Crippen LogP contribution >= 0.6 is 0 Å². The lowest BCUT2D eigenvalue weighted by molar-refractivity contribution is -0.116. The molecule has 5 heteroatoms. The molecule has 1 fully saturated rings. The van der Waals surface area contributed by atoms with Crippen molar-refractivity contribution in [1.82, 2.24) is 9.80 Å². The van der Waals surface area contributed by atoms with E-state index in [4.69, 9.17) is 4.74 Å². The third-order valence-electron chi connectivity index (χ3n) is 5.17. The fraction of sp³-hybridized carbons (Fsp3) is 0.435. The molecule has 0 unspecified atom stereocenters. The molecular weight excluding hydrogens is 350 g/mol. The summed E-state index contributed by atoms with van der Waals surface area (Å²) in [6, 6.07) is 16.2. The van der Waals surface area contributed by atoms with E-state index in [9.17, 15) is 4.79 Å². The Morgan fingerprint density at radius 1 is 0.964 bits per heavy atom. The minimum absolute atomic E-state index is 0.0306. The fourth-order valence-electron chi connectivity index (χ4n) is 3.26. The molecule has 1 amide bonds. The standard InChI is InChI=1S/C23H31N3O2/c1-3-19-6-10-22(11-7-19)28-17-12-23(27)24-21-8-4-20(5-9-21)18-26-15-13-25(2)14-16-26/h4-11H,3,12-18H2,1-2H3,(H,24,27). The van der Waals surface area contributed by atoms with E-state index in [1.54, 1.807) is 0 Å². The first-order chi connectivity index (χ1) is 13.6. The van der Waals surface area contributed by atoms with Gasteiger partial charge in [-0.1, -0.05) is 31.2 Å². The number of hydrogen-bond donors (Lipinski definition) is 1. The van der Waals surface area contributed by atoms with Crippen LogP contribution in [0.15, 0.2) is 48.5 Å². The van der Waals surface area contributed by atoms with Crippen LogP contribution in [-0.2, 0) is 17.8 Å². The van der Waals surface area contributed by atoms with Crippen molar-refractivity contribution in [2.24, 2.45) is 0 Å². The van der Waals surface area contributed by atoms with Gasteiger partial charge in [0, 0.05) is 38.4 Å². The monoisotopic (exact) mass is 381 g/mol. The second-order valence-corrected chi connectivity index (χ2v) is 7.42. The smallest absolute Gasteiger partial charge is 0.227 e. The number of carbonyl (C=O) groups excluding carboxylic acids is 1. The topological polar surface area (TPSA) is 44.8 Å². The zero-order valence-electron chi connectivity index (χ0n) is 17.0. The number of likely N-dealkylation sites (N-methyl/N-ethyl adjacent to an activating group) is 1. The Balaban J connectivity index is 1.38. The molecule has 2 aromatic rings. The lowest BCUT2D eigenvalue weighted by atomic mass is 10.1. The summed E-state index contributed by atoms with van der Waals surface area (Å²) < 4.78 is 5.66. The van der Waals surface area contributed by atoms with Gasteiger partial charge < -0.3 is 15.0 Å². The van der Waals surface area contributed by atoms with Crippen molar-refractivity contribution in [3.05, 3.63) is 59.7 Å². The van der Waals surface area contributed by atoms with E-state index in [0.717, 1.165) is 50.6 Å². The van der Waals surface area contributed by atoms with E-state index in [1.165, 1.54) is 11.1 Å². The first-order valence-corrected chi connectivity index (χ1v) is 10.1. The van der Waals surface area contributed by atoms with Crippen molar-refractivity contribution in [1.29, 1.82) is 0 Å². The van der Waals surface area contributed by atoms with Crippen LogP contribution in [0.2, 0.25) is 0 Å². The van der Waals surface area contributed by atoms with Crippen molar-refractivity contribution in [2.45, 2.75) is 26.3 Å². The number of aryl methyl sites for hydroxylation is 1. The van der Waals surface area contributed by atoms with Gasteiger partial charge >= 0.3 is 0 Å². The van der Waals surface area contributed by atoms with Gasteiger partial charge in [0.25, 0.3) is 0 Å². The molecule has 0 aromatic heterocycles. The summed E-state index contributed by atoms with van der Waals surface area (Å²) in [6.07, 6.45) is 1.34. The molecule has 150 valence electrons. The summed E-state index contributed by atoms with van der Waals surface area (Å²) in [5, 5.41) is 2.94. The minimum atomic E-state index is -0.0306. The van der Waals surface area contributed by atoms with E-state index in [-0.39, 0.29) is 5.91 Å². The van der Waals surface area contributed by atoms with Gasteiger partial charge in [0.2, 0.25) is 5.91 Å². The zero-order valence-corrected chi connectivity index (χ0v) is 17.0. The molecule has 3 rings (SSSR count). The maximum absolute atomic E-state index is 12.1. The SMILES string of the molecule is CCc1ccc(OCCC(=O)Nc2ccc(CN3CCN(C)CC3)cc2)cc1. The molecule has 0 aliphatic carbocycles. The van der Waals surface area contributed by atoms with Gasteiger partial charge in [-0.2, -0.15) is 0 Å². The molecule has 1 N–H and O–H groups in total. The predicted octanol–water partition coefficient (Wildman–Crippen LogP) is 3.40. The van der Waals surface area contributed by atoms with Crippen LogP contribution in [0.1, 0.15) is 24.5 Å². The average Bonchev–Trinajstić information content (AvgIpc) is 2.72. The van der Waals surface area contributed by atoms with Crippen molar-refractivity contribution >= 4 is 11.6 Å². The number of piperazine rings is 1. The molecule has 1 aliphatic heterocycles. The third kappa shape index (κ3) is 6.36. The number of anilines is 1. The van der Waals surface area contributed by atoms with Gasteiger partial charge in [-0.3, -0.25) is 9.69 Å². The van der Waals surface area contributed by atoms with E-state index in [1.807, 2.05) is 24.3 Å². The molecule has 1 heterocycles. The van der Waals surface area contributed by atoms with Gasteiger partial charge in [0.05, 0.1) is 13.0 Å². The van der Waals surface area contributed by atoms with Crippen LogP contribution < -0.4 is 10.1 Å². The van der Waals surface area contributed by atoms with Crippen molar-refractivity contribution in [2.75, 3.05) is 45.2 Å². The van der Waals surface area contributed by atoms with Crippen LogP contribution in [0, 0.1) is 0 Å². The van der Waals surface area contributed by atoms with E-state index < -0.39 is 0 Å². The maximum atomic E-state index is 12.1. The average molecular weight is 382 g/mol. The number of amides is 1. The highest BCUT2D eigenvalue weighted by Crippen LogP contribution is 2.14. The Hall–Kier alpha value is -2.37. The third-order valence-corrected chi connectivity index (χ3v) is 5.17. The maximum Gasteiger partial charge on any atom is 0.227 e. The Morgan fingerprint density at radius 3 is 2.25 bits per heavy atom. The van der Waals surface area contributed by atoms with E-state index >= 15 is 0 Å². The van der Waals surface area contributed by atoms with Crippen LogP contribution in [0.3, 0.4) is 0 Å². The first kappa shape index (κ1) is 20.4.